The van der Waals surface area contributed by atoms with Crippen LogP contribution in [0.15, 0.2) is 0 Å². The van der Waals surface area contributed by atoms with Gasteiger partial charge in [0.1, 0.15) is 5.54 Å². The van der Waals surface area contributed by atoms with Gasteiger partial charge in [0.2, 0.25) is 0 Å². The highest BCUT2D eigenvalue weighted by Gasteiger charge is 2.30. The van der Waals surface area contributed by atoms with Gasteiger partial charge in [0.05, 0.1) is 6.07 Å². The van der Waals surface area contributed by atoms with Crippen LogP contribution in [0.3, 0.4) is 0 Å². The van der Waals surface area contributed by atoms with Crippen LogP contribution < -0.4 is 5.73 Å². The van der Waals surface area contributed by atoms with Crippen molar-refractivity contribution in [1.29, 1.82) is 5.26 Å². The zero-order chi connectivity index (χ0) is 14.4. The summed E-state index contributed by atoms with van der Waals surface area (Å²) in [5, 5.41) is 8.87. The molecule has 0 amide bonds. The fourth-order valence-corrected chi connectivity index (χ4v) is 3.09. The molecule has 1 heterocycles. The zero-order valence-corrected chi connectivity index (χ0v) is 13.0. The van der Waals surface area contributed by atoms with E-state index in [-0.39, 0.29) is 0 Å². The lowest BCUT2D eigenvalue weighted by atomic mass is 9.74. The van der Waals surface area contributed by atoms with Gasteiger partial charge in [-0.1, -0.05) is 26.7 Å². The summed E-state index contributed by atoms with van der Waals surface area (Å²) < 4.78 is 0. The van der Waals surface area contributed by atoms with Crippen molar-refractivity contribution in [3.63, 3.8) is 0 Å². The van der Waals surface area contributed by atoms with Crippen LogP contribution >= 0.6 is 0 Å². The van der Waals surface area contributed by atoms with Gasteiger partial charge in [-0.05, 0) is 64.1 Å². The first-order valence-electron chi connectivity index (χ1n) is 7.89. The molecule has 0 aromatic heterocycles. The molecule has 1 saturated heterocycles. The second-order valence-electron chi connectivity index (χ2n) is 6.54. The van der Waals surface area contributed by atoms with Crippen molar-refractivity contribution in [2.45, 2.75) is 71.3 Å². The van der Waals surface area contributed by atoms with E-state index in [1.807, 2.05) is 6.92 Å². The number of hydrogen-bond donors (Lipinski definition) is 1. The molecule has 1 atom stereocenters. The quantitative estimate of drug-likeness (QED) is 0.719. The van der Waals surface area contributed by atoms with Crippen molar-refractivity contribution in [3.05, 3.63) is 0 Å². The summed E-state index contributed by atoms with van der Waals surface area (Å²) in [5.74, 6) is 0. The van der Waals surface area contributed by atoms with E-state index in [9.17, 15) is 0 Å². The molecule has 1 fully saturated rings. The first-order chi connectivity index (χ1) is 8.97. The van der Waals surface area contributed by atoms with Gasteiger partial charge in [0.25, 0.3) is 0 Å². The zero-order valence-electron chi connectivity index (χ0n) is 13.0. The predicted molar refractivity (Wildman–Crippen MR) is 80.7 cm³/mol. The molecule has 1 aliphatic rings. The van der Waals surface area contributed by atoms with Crippen molar-refractivity contribution < 1.29 is 0 Å². The third-order valence-corrected chi connectivity index (χ3v) is 5.09. The summed E-state index contributed by atoms with van der Waals surface area (Å²) in [7, 11) is 0. The Labute approximate surface area is 119 Å². The molecule has 2 N–H and O–H groups in total. The Hall–Kier alpha value is -0.590. The number of piperidine rings is 1. The normalized spacial score (nSPS) is 22.7. The molecule has 19 heavy (non-hydrogen) atoms. The summed E-state index contributed by atoms with van der Waals surface area (Å²) in [4.78, 5) is 2.59. The fraction of sp³-hybridized carbons (Fsp3) is 0.938. The molecular weight excluding hydrogens is 234 g/mol. The van der Waals surface area contributed by atoms with Crippen molar-refractivity contribution in [1.82, 2.24) is 4.90 Å². The number of nitriles is 1. The molecule has 110 valence electrons. The number of hydrogen-bond acceptors (Lipinski definition) is 3. The second kappa shape index (κ2) is 7.26. The van der Waals surface area contributed by atoms with Crippen LogP contribution in [0.25, 0.3) is 0 Å². The van der Waals surface area contributed by atoms with Gasteiger partial charge in [0, 0.05) is 0 Å². The Bertz CT molecular complexity index is 290. The largest absolute Gasteiger partial charge is 0.314 e. The van der Waals surface area contributed by atoms with Crippen LogP contribution in [0.4, 0.5) is 0 Å². The molecule has 0 spiro atoms. The van der Waals surface area contributed by atoms with E-state index >= 15 is 0 Å². The van der Waals surface area contributed by atoms with E-state index in [0.29, 0.717) is 5.41 Å². The highest BCUT2D eigenvalue weighted by atomic mass is 15.1. The minimum absolute atomic E-state index is 0.618. The van der Waals surface area contributed by atoms with Gasteiger partial charge in [-0.25, -0.2) is 0 Å². The molecule has 0 aromatic carbocycles. The van der Waals surface area contributed by atoms with Gasteiger partial charge in [-0.15, -0.1) is 0 Å². The van der Waals surface area contributed by atoms with Crippen molar-refractivity contribution in [3.8, 4) is 6.07 Å². The molecule has 1 rings (SSSR count). The molecule has 0 aliphatic carbocycles. The Balaban J connectivity index is 2.19. The molecule has 1 aliphatic heterocycles. The van der Waals surface area contributed by atoms with Crippen LogP contribution in [-0.2, 0) is 0 Å². The summed E-state index contributed by atoms with van der Waals surface area (Å²) in [6, 6.07) is 2.17. The minimum atomic E-state index is -0.637. The molecule has 0 saturated carbocycles. The molecule has 3 heteroatoms. The average Bonchev–Trinajstić information content (AvgIpc) is 2.44. The van der Waals surface area contributed by atoms with Crippen molar-refractivity contribution >= 4 is 0 Å². The van der Waals surface area contributed by atoms with Gasteiger partial charge in [-0.2, -0.15) is 5.26 Å². The summed E-state index contributed by atoms with van der Waals surface area (Å²) in [6.45, 7) is 10.2. The van der Waals surface area contributed by atoms with Crippen LogP contribution in [0.5, 0.6) is 0 Å². The topological polar surface area (TPSA) is 53.0 Å². The number of rotatable bonds is 7. The lowest BCUT2D eigenvalue weighted by molar-refractivity contribution is 0.0941. The van der Waals surface area contributed by atoms with Crippen LogP contribution in [0.2, 0.25) is 0 Å². The Kier molecular flexibility index (Phi) is 6.29. The average molecular weight is 265 g/mol. The maximum atomic E-state index is 8.87. The smallest absolute Gasteiger partial charge is 0.101 e. The number of nitrogens with zero attached hydrogens (tertiary/aromatic N) is 2. The first kappa shape index (κ1) is 16.5. The lowest BCUT2D eigenvalue weighted by Crippen LogP contribution is -2.40. The maximum Gasteiger partial charge on any atom is 0.101 e. The summed E-state index contributed by atoms with van der Waals surface area (Å²) in [6.07, 6.45) is 8.39. The Morgan fingerprint density at radius 1 is 1.21 bits per heavy atom. The molecule has 0 radical (unpaired) electrons. The highest BCUT2D eigenvalue weighted by Crippen LogP contribution is 2.37. The van der Waals surface area contributed by atoms with E-state index in [4.69, 9.17) is 11.0 Å². The molecular formula is C16H31N3. The number of unbranched alkanes of at least 4 members (excludes halogenated alkanes) is 1. The fourth-order valence-electron chi connectivity index (χ4n) is 3.09. The highest BCUT2D eigenvalue weighted by molar-refractivity contribution is 5.00. The van der Waals surface area contributed by atoms with E-state index in [2.05, 4.69) is 24.8 Å². The van der Waals surface area contributed by atoms with Gasteiger partial charge in [0.15, 0.2) is 0 Å². The SMILES string of the molecule is CCC1(CC)CCN(CCCCC(C)(N)C#N)CC1. The third kappa shape index (κ3) is 5.12. The first-order valence-corrected chi connectivity index (χ1v) is 7.89. The van der Waals surface area contributed by atoms with E-state index in [1.165, 1.54) is 51.7 Å². The second-order valence-corrected chi connectivity index (χ2v) is 6.54. The van der Waals surface area contributed by atoms with Crippen molar-refractivity contribution in [2.24, 2.45) is 11.1 Å². The van der Waals surface area contributed by atoms with E-state index < -0.39 is 5.54 Å². The number of nitrogens with two attached hydrogens (primary N) is 1. The summed E-state index contributed by atoms with van der Waals surface area (Å²) in [5.41, 5.74) is 5.81. The lowest BCUT2D eigenvalue weighted by Gasteiger charge is -2.41. The van der Waals surface area contributed by atoms with Crippen LogP contribution in [-0.4, -0.2) is 30.1 Å². The van der Waals surface area contributed by atoms with E-state index in [0.717, 1.165) is 12.8 Å². The van der Waals surface area contributed by atoms with Crippen molar-refractivity contribution in [2.75, 3.05) is 19.6 Å². The standard InChI is InChI=1S/C16H31N3/c1-4-16(5-2)9-12-19(13-10-16)11-7-6-8-15(3,18)14-17/h4-13,18H2,1-3H3. The third-order valence-electron chi connectivity index (χ3n) is 5.09. The van der Waals surface area contributed by atoms with Crippen LogP contribution in [0, 0.1) is 16.7 Å². The Morgan fingerprint density at radius 3 is 2.26 bits per heavy atom. The molecule has 0 aromatic rings. The molecule has 1 unspecified atom stereocenters. The monoisotopic (exact) mass is 265 g/mol. The molecule has 0 bridgehead atoms. The number of likely N-dealkylation sites (tertiary alicyclic amines) is 1. The Morgan fingerprint density at radius 2 is 1.79 bits per heavy atom. The molecule has 3 nitrogen and oxygen atoms in total. The van der Waals surface area contributed by atoms with E-state index in [1.54, 1.807) is 0 Å². The van der Waals surface area contributed by atoms with Gasteiger partial charge < -0.3 is 10.6 Å². The minimum Gasteiger partial charge on any atom is -0.314 e. The maximum absolute atomic E-state index is 8.87. The van der Waals surface area contributed by atoms with Gasteiger partial charge >= 0.3 is 0 Å². The van der Waals surface area contributed by atoms with Gasteiger partial charge in [-0.3, -0.25) is 0 Å². The summed E-state index contributed by atoms with van der Waals surface area (Å²) >= 11 is 0. The predicted octanol–water partition coefficient (Wildman–Crippen LogP) is 3.30. The van der Waals surface area contributed by atoms with Crippen LogP contribution in [0.1, 0.15) is 65.7 Å².